The summed E-state index contributed by atoms with van der Waals surface area (Å²) in [6.07, 6.45) is 3.32. The summed E-state index contributed by atoms with van der Waals surface area (Å²) in [6, 6.07) is 8.70. The van der Waals surface area contributed by atoms with Crippen LogP contribution in [0.15, 0.2) is 24.4 Å². The number of hydrogen-bond acceptors (Lipinski definition) is 2. The number of aromatic amines is 1. The molecule has 0 saturated heterocycles. The van der Waals surface area contributed by atoms with Gasteiger partial charge in [0.1, 0.15) is 0 Å². The quantitative estimate of drug-likeness (QED) is 0.853. The average Bonchev–Trinajstić information content (AvgIpc) is 3.02. The van der Waals surface area contributed by atoms with Crippen LogP contribution in [0.2, 0.25) is 0 Å². The second kappa shape index (κ2) is 3.61. The number of nitriles is 1. The molecule has 3 heteroatoms. The van der Waals surface area contributed by atoms with Crippen LogP contribution in [0.5, 0.6) is 0 Å². The predicted molar refractivity (Wildman–Crippen MR) is 67.8 cm³/mol. The number of hydrogen-bond donors (Lipinski definition) is 1. The van der Waals surface area contributed by atoms with Crippen molar-refractivity contribution in [1.29, 1.82) is 5.26 Å². The van der Waals surface area contributed by atoms with Crippen LogP contribution >= 0.6 is 0 Å². The Morgan fingerprint density at radius 3 is 2.88 bits per heavy atom. The monoisotopic (exact) mass is 225 g/mol. The minimum atomic E-state index is 0.618. The zero-order chi connectivity index (χ0) is 12.0. The third kappa shape index (κ3) is 1.62. The van der Waals surface area contributed by atoms with Gasteiger partial charge in [0.2, 0.25) is 0 Å². The highest BCUT2D eigenvalue weighted by molar-refractivity contribution is 5.85. The summed E-state index contributed by atoms with van der Waals surface area (Å²) < 4.78 is 0. The molecule has 0 amide bonds. The van der Waals surface area contributed by atoms with Crippen molar-refractivity contribution in [1.82, 2.24) is 9.88 Å². The molecule has 2 aromatic rings. The average molecular weight is 225 g/mol. The van der Waals surface area contributed by atoms with Crippen LogP contribution in [0.3, 0.4) is 0 Å². The zero-order valence-corrected chi connectivity index (χ0v) is 10.1. The molecule has 0 unspecified atom stereocenters. The van der Waals surface area contributed by atoms with Crippen molar-refractivity contribution >= 4 is 10.9 Å². The van der Waals surface area contributed by atoms with Crippen LogP contribution in [-0.2, 0) is 0 Å². The fraction of sp³-hybridized carbons (Fsp3) is 0.357. The van der Waals surface area contributed by atoms with Crippen molar-refractivity contribution in [3.05, 3.63) is 35.5 Å². The van der Waals surface area contributed by atoms with Crippen LogP contribution in [0.1, 0.15) is 23.5 Å². The topological polar surface area (TPSA) is 42.8 Å². The van der Waals surface area contributed by atoms with Gasteiger partial charge in [0.05, 0.1) is 11.6 Å². The SMILES string of the molecule is CN(C)[C@H]1C[C@H]1c1c[nH]c2ccc(C#N)cc12. The van der Waals surface area contributed by atoms with E-state index in [9.17, 15) is 0 Å². The van der Waals surface area contributed by atoms with E-state index in [-0.39, 0.29) is 0 Å². The summed E-state index contributed by atoms with van der Waals surface area (Å²) in [7, 11) is 4.25. The van der Waals surface area contributed by atoms with Gasteiger partial charge in [-0.1, -0.05) is 0 Å². The summed E-state index contributed by atoms with van der Waals surface area (Å²) in [6.45, 7) is 0. The number of fused-ring (bicyclic) bond motifs is 1. The Hall–Kier alpha value is -1.79. The summed E-state index contributed by atoms with van der Waals surface area (Å²) in [5.74, 6) is 0.618. The van der Waals surface area contributed by atoms with Gasteiger partial charge < -0.3 is 9.88 Å². The van der Waals surface area contributed by atoms with E-state index >= 15 is 0 Å². The highest BCUT2D eigenvalue weighted by Crippen LogP contribution is 2.46. The summed E-state index contributed by atoms with van der Waals surface area (Å²) in [5.41, 5.74) is 3.22. The Kier molecular flexibility index (Phi) is 2.20. The Labute approximate surface area is 101 Å². The Bertz CT molecular complexity index is 603. The molecule has 1 aromatic heterocycles. The fourth-order valence-corrected chi connectivity index (χ4v) is 2.61. The minimum Gasteiger partial charge on any atom is -0.361 e. The van der Waals surface area contributed by atoms with E-state index < -0.39 is 0 Å². The summed E-state index contributed by atoms with van der Waals surface area (Å²) in [5, 5.41) is 10.2. The van der Waals surface area contributed by atoms with Crippen molar-refractivity contribution < 1.29 is 0 Å². The van der Waals surface area contributed by atoms with Gasteiger partial charge in [-0.15, -0.1) is 0 Å². The molecule has 0 aliphatic heterocycles. The Morgan fingerprint density at radius 1 is 1.41 bits per heavy atom. The summed E-state index contributed by atoms with van der Waals surface area (Å²) in [4.78, 5) is 5.57. The Morgan fingerprint density at radius 2 is 2.24 bits per heavy atom. The van der Waals surface area contributed by atoms with Crippen molar-refractivity contribution in [3.8, 4) is 6.07 Å². The highest BCUT2D eigenvalue weighted by atomic mass is 15.1. The third-order valence-corrected chi connectivity index (χ3v) is 3.66. The van der Waals surface area contributed by atoms with Crippen LogP contribution in [0, 0.1) is 11.3 Å². The number of H-pyrrole nitrogens is 1. The first-order valence-corrected chi connectivity index (χ1v) is 5.88. The number of aromatic nitrogens is 1. The second-order valence-electron chi connectivity index (χ2n) is 4.99. The molecule has 1 N–H and O–H groups in total. The maximum Gasteiger partial charge on any atom is 0.0991 e. The molecule has 1 aliphatic rings. The normalized spacial score (nSPS) is 22.9. The third-order valence-electron chi connectivity index (χ3n) is 3.66. The van der Waals surface area contributed by atoms with Gasteiger partial charge in [-0.25, -0.2) is 0 Å². The Balaban J connectivity index is 2.04. The van der Waals surface area contributed by atoms with E-state index in [4.69, 9.17) is 5.26 Å². The number of nitrogens with one attached hydrogen (secondary N) is 1. The predicted octanol–water partition coefficient (Wildman–Crippen LogP) is 2.46. The lowest BCUT2D eigenvalue weighted by Gasteiger charge is -2.07. The van der Waals surface area contributed by atoms with E-state index in [0.717, 1.165) is 11.1 Å². The number of rotatable bonds is 2. The first-order valence-electron chi connectivity index (χ1n) is 5.88. The van der Waals surface area contributed by atoms with Gasteiger partial charge >= 0.3 is 0 Å². The molecule has 0 bridgehead atoms. The standard InChI is InChI=1S/C14H15N3/c1-17(2)14-6-11(14)12-8-16-13-4-3-9(7-15)5-10(12)13/h3-5,8,11,14,16H,6H2,1-2H3/t11-,14-/m0/s1. The molecule has 1 saturated carbocycles. The number of nitrogens with zero attached hydrogens (tertiary/aromatic N) is 2. The molecular formula is C14H15N3. The lowest BCUT2D eigenvalue weighted by Crippen LogP contribution is -2.15. The molecular weight excluding hydrogens is 210 g/mol. The van der Waals surface area contributed by atoms with Gasteiger partial charge in [-0.2, -0.15) is 5.26 Å². The lowest BCUT2D eigenvalue weighted by atomic mass is 10.1. The molecule has 2 atom stereocenters. The van der Waals surface area contributed by atoms with E-state index in [0.29, 0.717) is 12.0 Å². The molecule has 3 nitrogen and oxygen atoms in total. The van der Waals surface area contributed by atoms with Gasteiger partial charge in [0, 0.05) is 29.1 Å². The molecule has 17 heavy (non-hydrogen) atoms. The minimum absolute atomic E-state index is 0.618. The summed E-state index contributed by atoms with van der Waals surface area (Å²) >= 11 is 0. The largest absolute Gasteiger partial charge is 0.361 e. The van der Waals surface area contributed by atoms with E-state index in [1.54, 1.807) is 0 Å². The van der Waals surface area contributed by atoms with Gasteiger partial charge in [-0.05, 0) is 44.3 Å². The van der Waals surface area contributed by atoms with Gasteiger partial charge in [-0.3, -0.25) is 0 Å². The van der Waals surface area contributed by atoms with Crippen LogP contribution in [0.4, 0.5) is 0 Å². The number of benzene rings is 1. The first kappa shape index (κ1) is 10.4. The number of likely N-dealkylation sites (N-methyl/N-ethyl adjacent to an activating group) is 1. The zero-order valence-electron chi connectivity index (χ0n) is 10.1. The molecule has 1 aliphatic carbocycles. The van der Waals surface area contributed by atoms with Crippen molar-refractivity contribution in [2.75, 3.05) is 14.1 Å². The van der Waals surface area contributed by atoms with Crippen molar-refractivity contribution in [3.63, 3.8) is 0 Å². The fourth-order valence-electron chi connectivity index (χ4n) is 2.61. The van der Waals surface area contributed by atoms with E-state index in [2.05, 4.69) is 36.2 Å². The molecule has 1 aromatic carbocycles. The molecule has 86 valence electrons. The smallest absolute Gasteiger partial charge is 0.0991 e. The first-order chi connectivity index (χ1) is 8.20. The van der Waals surface area contributed by atoms with Crippen LogP contribution < -0.4 is 0 Å². The van der Waals surface area contributed by atoms with Gasteiger partial charge in [0.25, 0.3) is 0 Å². The van der Waals surface area contributed by atoms with Crippen molar-refractivity contribution in [2.45, 2.75) is 18.4 Å². The van der Waals surface area contributed by atoms with E-state index in [1.807, 2.05) is 18.2 Å². The lowest BCUT2D eigenvalue weighted by molar-refractivity contribution is 0.391. The highest BCUT2D eigenvalue weighted by Gasteiger charge is 2.41. The molecule has 1 heterocycles. The second-order valence-corrected chi connectivity index (χ2v) is 4.99. The van der Waals surface area contributed by atoms with Crippen LogP contribution in [0.25, 0.3) is 10.9 Å². The van der Waals surface area contributed by atoms with Crippen LogP contribution in [-0.4, -0.2) is 30.0 Å². The molecule has 0 radical (unpaired) electrons. The van der Waals surface area contributed by atoms with Crippen molar-refractivity contribution in [2.24, 2.45) is 0 Å². The molecule has 3 rings (SSSR count). The van der Waals surface area contributed by atoms with E-state index in [1.165, 1.54) is 17.4 Å². The molecule has 0 spiro atoms. The van der Waals surface area contributed by atoms with Gasteiger partial charge in [0.15, 0.2) is 0 Å². The maximum absolute atomic E-state index is 8.95. The maximum atomic E-state index is 8.95. The molecule has 1 fully saturated rings.